The van der Waals surface area contributed by atoms with Gasteiger partial charge in [0.25, 0.3) is 0 Å². The van der Waals surface area contributed by atoms with E-state index in [1.807, 2.05) is 6.08 Å². The molecule has 0 aromatic carbocycles. The van der Waals surface area contributed by atoms with Crippen LogP contribution in [-0.2, 0) is 0 Å². The van der Waals surface area contributed by atoms with Crippen LogP contribution in [0.2, 0.25) is 0 Å². The van der Waals surface area contributed by atoms with Gasteiger partial charge in [0.05, 0.1) is 5.71 Å². The molecule has 0 heterocycles. The van der Waals surface area contributed by atoms with Crippen LogP contribution in [0.15, 0.2) is 40.9 Å². The Morgan fingerprint density at radius 2 is 2.18 bits per heavy atom. The number of aliphatic imine (C=N–C) groups is 1. The molecule has 1 aliphatic carbocycles. The summed E-state index contributed by atoms with van der Waals surface area (Å²) >= 11 is 0. The van der Waals surface area contributed by atoms with Crippen LogP contribution in [0, 0.1) is 0 Å². The summed E-state index contributed by atoms with van der Waals surface area (Å²) in [6.07, 6.45) is 7.25. The van der Waals surface area contributed by atoms with Gasteiger partial charge in [-0.25, -0.2) is 0 Å². The van der Waals surface area contributed by atoms with Crippen LogP contribution in [0.25, 0.3) is 0 Å². The molecule has 0 unspecified atom stereocenters. The fourth-order valence-electron chi connectivity index (χ4n) is 1.04. The van der Waals surface area contributed by atoms with Gasteiger partial charge in [0.2, 0.25) is 0 Å². The lowest BCUT2D eigenvalue weighted by molar-refractivity contribution is 1.15. The SMILES string of the molecule is C=C1C=CC(CC)=C/C1=N/C. The summed E-state index contributed by atoms with van der Waals surface area (Å²) in [5.41, 5.74) is 3.33. The van der Waals surface area contributed by atoms with Crippen molar-refractivity contribution in [1.82, 2.24) is 0 Å². The summed E-state index contributed by atoms with van der Waals surface area (Å²) in [6, 6.07) is 0. The fraction of sp³-hybridized carbons (Fsp3) is 0.300. The van der Waals surface area contributed by atoms with E-state index in [2.05, 4.69) is 30.6 Å². The standard InChI is InChI=1S/C10H13N/c1-4-9-6-5-8(2)10(7-9)11-3/h5-7H,2,4H2,1,3H3/b11-10-. The molecule has 0 atom stereocenters. The number of nitrogens with zero attached hydrogens (tertiary/aromatic N) is 1. The smallest absolute Gasteiger partial charge is 0.0639 e. The number of hydrogen-bond acceptors (Lipinski definition) is 1. The summed E-state index contributed by atoms with van der Waals surface area (Å²) in [6.45, 7) is 6.01. The van der Waals surface area contributed by atoms with Gasteiger partial charge in [-0.3, -0.25) is 4.99 Å². The van der Waals surface area contributed by atoms with Crippen molar-refractivity contribution in [3.05, 3.63) is 36.0 Å². The largest absolute Gasteiger partial charge is 0.288 e. The summed E-state index contributed by atoms with van der Waals surface area (Å²) in [4.78, 5) is 4.12. The molecule has 0 amide bonds. The zero-order valence-electron chi connectivity index (χ0n) is 7.09. The lowest BCUT2D eigenvalue weighted by Gasteiger charge is -2.07. The molecular weight excluding hydrogens is 134 g/mol. The number of allylic oxidation sites excluding steroid dienone is 5. The van der Waals surface area contributed by atoms with E-state index in [0.29, 0.717) is 0 Å². The van der Waals surface area contributed by atoms with E-state index in [1.54, 1.807) is 7.05 Å². The summed E-state index contributed by atoms with van der Waals surface area (Å²) in [5, 5.41) is 0. The first-order valence-electron chi connectivity index (χ1n) is 3.82. The second-order valence-electron chi connectivity index (χ2n) is 2.54. The van der Waals surface area contributed by atoms with Gasteiger partial charge in [-0.15, -0.1) is 0 Å². The van der Waals surface area contributed by atoms with Crippen molar-refractivity contribution in [3.63, 3.8) is 0 Å². The number of rotatable bonds is 1. The Hall–Kier alpha value is -1.11. The van der Waals surface area contributed by atoms with Crippen LogP contribution in [0.3, 0.4) is 0 Å². The highest BCUT2D eigenvalue weighted by atomic mass is 14.7. The molecule has 0 saturated heterocycles. The molecule has 1 rings (SSSR count). The second-order valence-corrected chi connectivity index (χ2v) is 2.54. The minimum absolute atomic E-state index is 1.00. The van der Waals surface area contributed by atoms with Crippen molar-refractivity contribution in [2.24, 2.45) is 4.99 Å². The molecule has 1 aliphatic rings. The average Bonchev–Trinajstić information content (AvgIpc) is 2.05. The second kappa shape index (κ2) is 3.33. The molecule has 1 nitrogen and oxygen atoms in total. The molecule has 0 fully saturated rings. The molecule has 0 aliphatic heterocycles. The van der Waals surface area contributed by atoms with Crippen molar-refractivity contribution >= 4 is 5.71 Å². The molecule has 0 aromatic rings. The maximum absolute atomic E-state index is 4.12. The Kier molecular flexibility index (Phi) is 2.42. The van der Waals surface area contributed by atoms with E-state index in [4.69, 9.17) is 0 Å². The topological polar surface area (TPSA) is 12.4 Å². The third kappa shape index (κ3) is 1.67. The third-order valence-corrected chi connectivity index (χ3v) is 1.80. The third-order valence-electron chi connectivity index (χ3n) is 1.80. The minimum atomic E-state index is 1.00. The summed E-state index contributed by atoms with van der Waals surface area (Å²) in [5.74, 6) is 0. The van der Waals surface area contributed by atoms with E-state index in [-0.39, 0.29) is 0 Å². The van der Waals surface area contributed by atoms with E-state index in [9.17, 15) is 0 Å². The minimum Gasteiger partial charge on any atom is -0.288 e. The molecule has 1 heteroatoms. The first kappa shape index (κ1) is 7.99. The molecular formula is C10H13N. The van der Waals surface area contributed by atoms with Gasteiger partial charge in [-0.1, -0.05) is 25.7 Å². The zero-order valence-corrected chi connectivity index (χ0v) is 7.09. The lowest BCUT2D eigenvalue weighted by Crippen LogP contribution is -2.00. The van der Waals surface area contributed by atoms with Gasteiger partial charge in [0.1, 0.15) is 0 Å². The van der Waals surface area contributed by atoms with Crippen molar-refractivity contribution in [2.45, 2.75) is 13.3 Å². The van der Waals surface area contributed by atoms with Crippen LogP contribution in [0.1, 0.15) is 13.3 Å². The first-order valence-corrected chi connectivity index (χ1v) is 3.82. The molecule has 58 valence electrons. The highest BCUT2D eigenvalue weighted by molar-refractivity contribution is 6.11. The number of hydrogen-bond donors (Lipinski definition) is 0. The Bertz CT molecular complexity index is 254. The average molecular weight is 147 g/mol. The first-order chi connectivity index (χ1) is 5.27. The molecule has 0 radical (unpaired) electrons. The van der Waals surface area contributed by atoms with Gasteiger partial charge in [0, 0.05) is 7.05 Å². The normalized spacial score (nSPS) is 20.7. The van der Waals surface area contributed by atoms with Crippen LogP contribution in [0.5, 0.6) is 0 Å². The van der Waals surface area contributed by atoms with E-state index < -0.39 is 0 Å². The molecule has 0 saturated carbocycles. The van der Waals surface area contributed by atoms with E-state index in [1.165, 1.54) is 5.57 Å². The predicted octanol–water partition coefficient (Wildman–Crippen LogP) is 2.52. The Morgan fingerprint density at radius 3 is 2.73 bits per heavy atom. The van der Waals surface area contributed by atoms with E-state index in [0.717, 1.165) is 17.7 Å². The van der Waals surface area contributed by atoms with Gasteiger partial charge >= 0.3 is 0 Å². The lowest BCUT2D eigenvalue weighted by atomic mass is 10.0. The highest BCUT2D eigenvalue weighted by Crippen LogP contribution is 2.13. The summed E-state index contributed by atoms with van der Waals surface area (Å²) in [7, 11) is 1.80. The predicted molar refractivity (Wildman–Crippen MR) is 50.0 cm³/mol. The van der Waals surface area contributed by atoms with Crippen molar-refractivity contribution in [2.75, 3.05) is 7.05 Å². The van der Waals surface area contributed by atoms with Gasteiger partial charge < -0.3 is 0 Å². The van der Waals surface area contributed by atoms with Crippen LogP contribution >= 0.6 is 0 Å². The van der Waals surface area contributed by atoms with Gasteiger partial charge in [0.15, 0.2) is 0 Å². The maximum Gasteiger partial charge on any atom is 0.0639 e. The zero-order chi connectivity index (χ0) is 8.27. The van der Waals surface area contributed by atoms with Crippen LogP contribution in [-0.4, -0.2) is 12.8 Å². The van der Waals surface area contributed by atoms with Crippen molar-refractivity contribution in [3.8, 4) is 0 Å². The van der Waals surface area contributed by atoms with Crippen molar-refractivity contribution in [1.29, 1.82) is 0 Å². The molecule has 0 bridgehead atoms. The quantitative estimate of drug-likeness (QED) is 0.540. The molecule has 0 N–H and O–H groups in total. The highest BCUT2D eigenvalue weighted by Gasteiger charge is 2.03. The van der Waals surface area contributed by atoms with Crippen LogP contribution in [0.4, 0.5) is 0 Å². The van der Waals surface area contributed by atoms with E-state index >= 15 is 0 Å². The Labute approximate surface area is 67.8 Å². The summed E-state index contributed by atoms with van der Waals surface area (Å²) < 4.78 is 0. The Balaban J connectivity index is 2.93. The van der Waals surface area contributed by atoms with Gasteiger partial charge in [-0.05, 0) is 23.6 Å². The van der Waals surface area contributed by atoms with Crippen molar-refractivity contribution < 1.29 is 0 Å². The molecule has 0 aromatic heterocycles. The van der Waals surface area contributed by atoms with Crippen LogP contribution < -0.4 is 0 Å². The molecule has 11 heavy (non-hydrogen) atoms. The fourth-order valence-corrected chi connectivity index (χ4v) is 1.04. The monoisotopic (exact) mass is 147 g/mol. The molecule has 0 spiro atoms. The Morgan fingerprint density at radius 1 is 1.45 bits per heavy atom. The van der Waals surface area contributed by atoms with Gasteiger partial charge in [-0.2, -0.15) is 0 Å². The maximum atomic E-state index is 4.12.